The van der Waals surface area contributed by atoms with E-state index in [1.54, 1.807) is 26.0 Å². The van der Waals surface area contributed by atoms with Crippen molar-refractivity contribution in [1.82, 2.24) is 31.2 Å². The molecule has 25 nitrogen and oxygen atoms in total. The van der Waals surface area contributed by atoms with E-state index in [0.717, 1.165) is 32.1 Å². The lowest BCUT2D eigenvalue weighted by molar-refractivity contribution is -0.144. The average molecular weight is 1240 g/mol. The molecule has 1 saturated carbocycles. The van der Waals surface area contributed by atoms with Crippen LogP contribution in [0.3, 0.4) is 0 Å². The average Bonchev–Trinajstić information content (AvgIpc) is 1.96. The van der Waals surface area contributed by atoms with E-state index in [1.165, 1.54) is 51.9 Å². The molecule has 0 unspecified atom stereocenters. The van der Waals surface area contributed by atoms with Gasteiger partial charge in [0.1, 0.15) is 11.8 Å². The second-order valence-electron chi connectivity index (χ2n) is 25.1. The lowest BCUT2D eigenvalue weighted by atomic mass is 9.79. The number of unbranched alkanes of at least 4 members (excludes halogenated alkanes) is 1. The van der Waals surface area contributed by atoms with Crippen molar-refractivity contribution < 1.29 is 67.7 Å². The number of nitrogens with one attached hydrogen (secondary N) is 4. The number of aliphatic hydroxyl groups is 2. The number of pyridine rings is 1. The Morgan fingerprint density at radius 3 is 1.95 bits per heavy atom. The summed E-state index contributed by atoms with van der Waals surface area (Å²) < 4.78 is 0. The highest BCUT2D eigenvalue weighted by molar-refractivity contribution is 6.01. The zero-order valence-corrected chi connectivity index (χ0v) is 52.9. The lowest BCUT2D eigenvalue weighted by Gasteiger charge is -2.33. The first-order chi connectivity index (χ1) is 41.5. The molecular weight excluding hydrogens is 1130 g/mol. The number of amides is 6. The molecule has 1 saturated heterocycles. The third kappa shape index (κ3) is 24.6. The molecule has 1 aliphatic carbocycles. The monoisotopic (exact) mass is 1240 g/mol. The number of guanidine groups is 1. The minimum atomic E-state index is -1.67. The molecule has 6 amide bonds. The van der Waals surface area contributed by atoms with Gasteiger partial charge in [0.15, 0.2) is 34.9 Å². The Bertz CT molecular complexity index is 2590. The Labute approximate surface area is 518 Å². The summed E-state index contributed by atoms with van der Waals surface area (Å²) in [7, 11) is 0. The quantitative estimate of drug-likeness (QED) is 0.0254. The maximum Gasteiger partial charge on any atom is 0.229 e. The second kappa shape index (κ2) is 37.2. The highest BCUT2D eigenvalue weighted by atomic mass is 16.3. The maximum absolute atomic E-state index is 15.0. The standard InChI is InChI=1S/C63H101N11O14/c1-8-49(78)55(39(4)77)72-60(88)62(5,6)36-52(81)46(20-13-14-24-64)70-57(85)44(35-54(65)83)34-53(82)63(7,9-2)73-58(86)43(30-40-17-11-10-12-18-40)33-50(79)47(31-41-22-26-68-27-23-41)71-56(84)42(19-15-25-69-61(66)67)32-51(80)48-21-16-28-74(48)59(87)45(37-75)29-38(3)76/h22-23,26-27,39-40,42-48,55,75,77H,8-21,24-25,28-37,64H2,1-7H3,(H2,65,83)(H,70,85)(H,71,84)(H,72,88)(H,73,86)(H4,66,67,69)/t39-,42-,43-,44+,45+,46+,47+,48-,55+,63+/m1/s1. The summed E-state index contributed by atoms with van der Waals surface area (Å²) in [6, 6.07) is -1.24. The number of aliphatic hydroxyl groups excluding tert-OH is 2. The fraction of sp³-hybridized carbons (Fsp3) is 0.714. The molecule has 0 radical (unpaired) electrons. The van der Waals surface area contributed by atoms with Gasteiger partial charge < -0.3 is 64.1 Å². The molecule has 14 N–H and O–H groups in total. The van der Waals surface area contributed by atoms with E-state index in [-0.39, 0.29) is 102 Å². The molecule has 492 valence electrons. The van der Waals surface area contributed by atoms with Gasteiger partial charge in [-0.2, -0.15) is 0 Å². The van der Waals surface area contributed by atoms with Crippen LogP contribution in [0, 0.1) is 35.0 Å². The largest absolute Gasteiger partial charge is 0.396 e. The third-order valence-corrected chi connectivity index (χ3v) is 17.2. The summed E-state index contributed by atoms with van der Waals surface area (Å²) in [6.45, 7) is 10.3. The molecule has 88 heavy (non-hydrogen) atoms. The molecule has 10 atom stereocenters. The number of Topliss-reactive ketones (excluding diaryl/α,β-unsaturated/α-hetero) is 6. The van der Waals surface area contributed by atoms with Crippen molar-refractivity contribution in [2.45, 2.75) is 226 Å². The molecule has 2 heterocycles. The van der Waals surface area contributed by atoms with Gasteiger partial charge in [0, 0.05) is 82.3 Å². The van der Waals surface area contributed by atoms with Gasteiger partial charge in [-0.1, -0.05) is 59.8 Å². The van der Waals surface area contributed by atoms with Crippen LogP contribution >= 0.6 is 0 Å². The van der Waals surface area contributed by atoms with E-state index < -0.39 is 155 Å². The molecule has 0 aromatic carbocycles. The van der Waals surface area contributed by atoms with Gasteiger partial charge >= 0.3 is 0 Å². The van der Waals surface area contributed by atoms with Gasteiger partial charge in [0.25, 0.3) is 0 Å². The molecule has 3 rings (SSSR count). The SMILES string of the molecule is CCC(=O)[C@@H](NC(=O)C(C)(C)CC(=O)[C@H](CCCCN)NC(=O)[C@H](CC(N)=O)CC(=O)[C@](C)(CC)NC(=O)[C@@H](CC(=O)[C@H](Cc1ccncc1)NC(=O)[C@H](CCCN=C(N)N)CC(=O)[C@H]1CCCN1C(=O)[C@H](CO)CC(C)=O)CC1CCCCC1)[C@@H](C)O. The van der Waals surface area contributed by atoms with Gasteiger partial charge in [-0.25, -0.2) is 0 Å². The van der Waals surface area contributed by atoms with Crippen LogP contribution in [0.5, 0.6) is 0 Å². The molecule has 0 bridgehead atoms. The van der Waals surface area contributed by atoms with Gasteiger partial charge in [-0.15, -0.1) is 0 Å². The number of likely N-dealkylation sites (tertiary alicyclic amines) is 1. The molecule has 2 fully saturated rings. The molecule has 0 spiro atoms. The fourth-order valence-electron chi connectivity index (χ4n) is 11.7. The Hall–Kier alpha value is -6.86. The molecular formula is C63H101N11O14. The van der Waals surface area contributed by atoms with Crippen LogP contribution in [0.1, 0.15) is 189 Å². The van der Waals surface area contributed by atoms with E-state index in [2.05, 4.69) is 31.2 Å². The van der Waals surface area contributed by atoms with Crippen LogP contribution in [0.25, 0.3) is 0 Å². The molecule has 1 aromatic heterocycles. The zero-order chi connectivity index (χ0) is 65.9. The van der Waals surface area contributed by atoms with Crippen molar-refractivity contribution in [3.05, 3.63) is 30.1 Å². The van der Waals surface area contributed by atoms with Crippen molar-refractivity contribution in [3.8, 4) is 0 Å². The van der Waals surface area contributed by atoms with E-state index in [1.807, 2.05) is 0 Å². The Kier molecular flexibility index (Phi) is 31.9. The molecule has 1 aromatic rings. The van der Waals surface area contributed by atoms with Crippen molar-refractivity contribution >= 4 is 76.1 Å². The van der Waals surface area contributed by atoms with E-state index in [9.17, 15) is 63.0 Å². The van der Waals surface area contributed by atoms with Crippen LogP contribution in [0.2, 0.25) is 0 Å². The first-order valence-electron chi connectivity index (χ1n) is 31.4. The van der Waals surface area contributed by atoms with Gasteiger partial charge in [0.05, 0.1) is 53.6 Å². The number of carbonyl (C=O) groups excluding carboxylic acids is 12. The first-order valence-corrected chi connectivity index (χ1v) is 31.4. The van der Waals surface area contributed by atoms with Gasteiger partial charge in [-0.05, 0) is 115 Å². The lowest BCUT2D eigenvalue weighted by Crippen LogP contribution is -2.55. The molecule has 2 aliphatic rings. The van der Waals surface area contributed by atoms with Crippen molar-refractivity contribution in [2.24, 2.45) is 62.9 Å². The third-order valence-electron chi connectivity index (χ3n) is 17.2. The minimum Gasteiger partial charge on any atom is -0.396 e. The summed E-state index contributed by atoms with van der Waals surface area (Å²) in [5.41, 5.74) is 20.1. The summed E-state index contributed by atoms with van der Waals surface area (Å²) >= 11 is 0. The van der Waals surface area contributed by atoms with Crippen LogP contribution in [-0.2, 0) is 64.0 Å². The van der Waals surface area contributed by atoms with Gasteiger partial charge in [0.2, 0.25) is 35.4 Å². The first kappa shape index (κ1) is 75.4. The van der Waals surface area contributed by atoms with Gasteiger partial charge in [-0.3, -0.25) is 62.7 Å². The second-order valence-corrected chi connectivity index (χ2v) is 25.1. The Balaban J connectivity index is 1.97. The highest BCUT2D eigenvalue weighted by Gasteiger charge is 2.43. The van der Waals surface area contributed by atoms with E-state index in [4.69, 9.17) is 22.9 Å². The summed E-state index contributed by atoms with van der Waals surface area (Å²) in [5.74, 6) is -11.8. The highest BCUT2D eigenvalue weighted by Crippen LogP contribution is 2.33. The minimum absolute atomic E-state index is 0.000914. The number of nitrogens with two attached hydrogens (primary N) is 4. The Morgan fingerprint density at radius 1 is 0.727 bits per heavy atom. The molecule has 25 heteroatoms. The van der Waals surface area contributed by atoms with E-state index >= 15 is 4.79 Å². The number of aliphatic imine (C=N–C) groups is 1. The summed E-state index contributed by atoms with van der Waals surface area (Å²) in [4.78, 5) is 176. The maximum atomic E-state index is 15.0. The van der Waals surface area contributed by atoms with E-state index in [0.29, 0.717) is 31.2 Å². The number of hydrogen-bond acceptors (Lipinski definition) is 17. The smallest absolute Gasteiger partial charge is 0.229 e. The van der Waals surface area contributed by atoms with Crippen molar-refractivity contribution in [3.63, 3.8) is 0 Å². The van der Waals surface area contributed by atoms with Crippen LogP contribution in [0.15, 0.2) is 29.5 Å². The van der Waals surface area contributed by atoms with Crippen molar-refractivity contribution in [2.75, 3.05) is 26.2 Å². The van der Waals surface area contributed by atoms with Crippen LogP contribution in [0.4, 0.5) is 0 Å². The number of carbonyl (C=O) groups is 12. The van der Waals surface area contributed by atoms with Crippen molar-refractivity contribution in [1.29, 1.82) is 0 Å². The number of primary amides is 1. The summed E-state index contributed by atoms with van der Waals surface area (Å²) in [6.07, 6.45) is 5.95. The predicted molar refractivity (Wildman–Crippen MR) is 329 cm³/mol. The molecule has 1 aliphatic heterocycles. The predicted octanol–water partition coefficient (Wildman–Crippen LogP) is 2.04. The fourth-order valence-corrected chi connectivity index (χ4v) is 11.7. The number of aromatic nitrogens is 1. The topological polar surface area (TPSA) is 426 Å². The number of ketones is 6. The number of rotatable bonds is 42. The number of nitrogens with zero attached hydrogens (tertiary/aromatic N) is 3. The van der Waals surface area contributed by atoms with Crippen LogP contribution in [-0.4, -0.2) is 158 Å². The zero-order valence-electron chi connectivity index (χ0n) is 52.9. The normalized spacial score (nSPS) is 17.9. The number of hydrogen-bond donors (Lipinski definition) is 10. The Morgan fingerprint density at radius 2 is 1.38 bits per heavy atom. The van der Waals surface area contributed by atoms with Crippen LogP contribution < -0.4 is 44.2 Å². The summed E-state index contributed by atoms with van der Waals surface area (Å²) in [5, 5.41) is 31.3.